The van der Waals surface area contributed by atoms with E-state index in [-0.39, 0.29) is 0 Å². The number of likely N-dealkylation sites (tertiary alicyclic amines) is 1. The second-order valence-corrected chi connectivity index (χ2v) is 11.1. The molecule has 0 bridgehead atoms. The van der Waals surface area contributed by atoms with Crippen molar-refractivity contribution in [3.8, 4) is 0 Å². The quantitative estimate of drug-likeness (QED) is 0.787. The number of thiophene rings is 1. The van der Waals surface area contributed by atoms with Crippen LogP contribution in [0.15, 0.2) is 12.4 Å². The number of fused-ring (bicyclic) bond motifs is 1. The maximum absolute atomic E-state index is 4.69. The lowest BCUT2D eigenvalue weighted by atomic mass is 9.51. The van der Waals surface area contributed by atoms with E-state index >= 15 is 0 Å². The number of anilines is 1. The van der Waals surface area contributed by atoms with E-state index in [1.54, 1.807) is 6.33 Å². The molecular weight excluding hydrogens is 352 g/mol. The third kappa shape index (κ3) is 2.65. The lowest BCUT2D eigenvalue weighted by molar-refractivity contribution is -0.0682. The first-order chi connectivity index (χ1) is 13.2. The van der Waals surface area contributed by atoms with E-state index in [4.69, 9.17) is 0 Å². The molecule has 6 rings (SSSR count). The van der Waals surface area contributed by atoms with Crippen LogP contribution in [0.5, 0.6) is 0 Å². The standard InChI is InChI=1S/C22H30N4S/c1-2-17-8-18-19(23-15-24-20(18)27-17)26-7-6-22(14-26)12-25(13-22)11-16-9-21(10-16)4-3-5-21/h8,15-16H,2-7,9-14H2,1H3. The molecule has 0 amide bonds. The van der Waals surface area contributed by atoms with Crippen LogP contribution in [0.1, 0.15) is 50.3 Å². The van der Waals surface area contributed by atoms with Gasteiger partial charge in [0.25, 0.3) is 0 Å². The Labute approximate surface area is 166 Å². The average Bonchev–Trinajstić information content (AvgIpc) is 3.19. The Kier molecular flexibility index (Phi) is 3.65. The fraction of sp³-hybridized carbons (Fsp3) is 0.727. The van der Waals surface area contributed by atoms with Gasteiger partial charge in [-0.25, -0.2) is 9.97 Å². The molecule has 4 aliphatic rings. The van der Waals surface area contributed by atoms with E-state index in [1.165, 1.54) is 80.8 Å². The highest BCUT2D eigenvalue weighted by molar-refractivity contribution is 7.18. The summed E-state index contributed by atoms with van der Waals surface area (Å²) in [5.74, 6) is 2.18. The van der Waals surface area contributed by atoms with Crippen LogP contribution in [0, 0.1) is 16.7 Å². The lowest BCUT2D eigenvalue weighted by Crippen LogP contribution is -2.60. The zero-order chi connectivity index (χ0) is 18.1. The van der Waals surface area contributed by atoms with Crippen LogP contribution in [0.3, 0.4) is 0 Å². The monoisotopic (exact) mass is 382 g/mol. The predicted octanol–water partition coefficient (Wildman–Crippen LogP) is 4.35. The molecule has 0 atom stereocenters. The molecule has 2 aromatic rings. The smallest absolute Gasteiger partial charge is 0.140 e. The van der Waals surface area contributed by atoms with Gasteiger partial charge in [0.05, 0.1) is 5.39 Å². The Morgan fingerprint density at radius 3 is 2.70 bits per heavy atom. The molecule has 2 saturated carbocycles. The van der Waals surface area contributed by atoms with Gasteiger partial charge in [-0.15, -0.1) is 11.3 Å². The molecule has 2 aliphatic heterocycles. The highest BCUT2D eigenvalue weighted by Gasteiger charge is 2.52. The van der Waals surface area contributed by atoms with Gasteiger partial charge in [-0.2, -0.15) is 0 Å². The Bertz CT molecular complexity index is 856. The molecule has 4 nitrogen and oxygen atoms in total. The third-order valence-electron chi connectivity index (χ3n) is 7.94. The van der Waals surface area contributed by atoms with Crippen molar-refractivity contribution < 1.29 is 0 Å². The first-order valence-corrected chi connectivity index (χ1v) is 11.7. The first kappa shape index (κ1) is 16.7. The minimum atomic E-state index is 0.527. The van der Waals surface area contributed by atoms with Crippen LogP contribution in [0.25, 0.3) is 10.2 Å². The van der Waals surface area contributed by atoms with Crippen molar-refractivity contribution >= 4 is 27.4 Å². The Morgan fingerprint density at radius 1 is 1.11 bits per heavy atom. The summed E-state index contributed by atoms with van der Waals surface area (Å²) in [4.78, 5) is 17.1. The van der Waals surface area contributed by atoms with E-state index in [2.05, 4.69) is 32.8 Å². The van der Waals surface area contributed by atoms with Gasteiger partial charge in [0.15, 0.2) is 0 Å². The molecule has 0 N–H and O–H groups in total. The molecule has 0 aromatic carbocycles. The van der Waals surface area contributed by atoms with Gasteiger partial charge in [0, 0.05) is 43.0 Å². The van der Waals surface area contributed by atoms with E-state index in [0.717, 1.165) is 29.1 Å². The van der Waals surface area contributed by atoms with Crippen molar-refractivity contribution in [2.75, 3.05) is 37.6 Å². The van der Waals surface area contributed by atoms with Crippen LogP contribution in [0.4, 0.5) is 5.82 Å². The molecule has 2 saturated heterocycles. The number of hydrogen-bond donors (Lipinski definition) is 0. The molecule has 5 heteroatoms. The van der Waals surface area contributed by atoms with E-state index < -0.39 is 0 Å². The summed E-state index contributed by atoms with van der Waals surface area (Å²) in [7, 11) is 0. The van der Waals surface area contributed by atoms with Gasteiger partial charge in [0.2, 0.25) is 0 Å². The van der Waals surface area contributed by atoms with Crippen LogP contribution in [-0.4, -0.2) is 47.6 Å². The number of hydrogen-bond acceptors (Lipinski definition) is 5. The van der Waals surface area contributed by atoms with Crippen LogP contribution in [0.2, 0.25) is 0 Å². The summed E-state index contributed by atoms with van der Waals surface area (Å²) in [6, 6.07) is 2.32. The number of aryl methyl sites for hydroxylation is 1. The summed E-state index contributed by atoms with van der Waals surface area (Å²) in [5.41, 5.74) is 1.35. The van der Waals surface area contributed by atoms with Crippen molar-refractivity contribution in [3.63, 3.8) is 0 Å². The second-order valence-electron chi connectivity index (χ2n) is 9.95. The topological polar surface area (TPSA) is 32.3 Å². The highest BCUT2D eigenvalue weighted by atomic mass is 32.1. The van der Waals surface area contributed by atoms with E-state index in [9.17, 15) is 0 Å². The molecule has 0 unspecified atom stereocenters. The molecule has 4 fully saturated rings. The van der Waals surface area contributed by atoms with Crippen molar-refractivity contribution in [3.05, 3.63) is 17.3 Å². The van der Waals surface area contributed by atoms with Gasteiger partial charge in [-0.3, -0.25) is 0 Å². The minimum Gasteiger partial charge on any atom is -0.355 e. The third-order valence-corrected chi connectivity index (χ3v) is 9.13. The van der Waals surface area contributed by atoms with Crippen LogP contribution < -0.4 is 4.90 Å². The summed E-state index contributed by atoms with van der Waals surface area (Å²) in [6.45, 7) is 8.55. The average molecular weight is 383 g/mol. The lowest BCUT2D eigenvalue weighted by Gasteiger charge is -2.57. The van der Waals surface area contributed by atoms with Gasteiger partial charge < -0.3 is 9.80 Å². The fourth-order valence-corrected chi connectivity index (χ4v) is 7.40. The van der Waals surface area contributed by atoms with Gasteiger partial charge in [-0.1, -0.05) is 13.3 Å². The number of rotatable bonds is 4. The van der Waals surface area contributed by atoms with Crippen molar-refractivity contribution in [2.24, 2.45) is 16.7 Å². The van der Waals surface area contributed by atoms with Gasteiger partial charge >= 0.3 is 0 Å². The predicted molar refractivity (Wildman–Crippen MR) is 112 cm³/mol. The molecule has 4 heterocycles. The van der Waals surface area contributed by atoms with Crippen molar-refractivity contribution in [1.29, 1.82) is 0 Å². The summed E-state index contributed by atoms with van der Waals surface area (Å²) in [6.07, 6.45) is 11.8. The Hall–Kier alpha value is -1.20. The molecule has 0 radical (unpaired) electrons. The van der Waals surface area contributed by atoms with Crippen LogP contribution >= 0.6 is 11.3 Å². The molecular formula is C22H30N4S. The Balaban J connectivity index is 1.09. The molecule has 2 aromatic heterocycles. The van der Waals surface area contributed by atoms with Crippen LogP contribution in [-0.2, 0) is 6.42 Å². The number of aromatic nitrogens is 2. The molecule has 2 spiro atoms. The second kappa shape index (κ2) is 5.90. The Morgan fingerprint density at radius 2 is 1.96 bits per heavy atom. The van der Waals surface area contributed by atoms with Gasteiger partial charge in [-0.05, 0) is 55.9 Å². The summed E-state index contributed by atoms with van der Waals surface area (Å²) in [5, 5.41) is 1.27. The molecule has 27 heavy (non-hydrogen) atoms. The zero-order valence-corrected chi connectivity index (χ0v) is 17.2. The van der Waals surface area contributed by atoms with Crippen molar-refractivity contribution in [1.82, 2.24) is 14.9 Å². The molecule has 2 aliphatic carbocycles. The van der Waals surface area contributed by atoms with Crippen molar-refractivity contribution in [2.45, 2.75) is 51.9 Å². The van der Waals surface area contributed by atoms with Gasteiger partial charge in [0.1, 0.15) is 17.0 Å². The maximum Gasteiger partial charge on any atom is 0.140 e. The largest absolute Gasteiger partial charge is 0.355 e. The van der Waals surface area contributed by atoms with E-state index in [1.807, 2.05) is 11.3 Å². The number of nitrogens with zero attached hydrogens (tertiary/aromatic N) is 4. The maximum atomic E-state index is 4.69. The summed E-state index contributed by atoms with van der Waals surface area (Å²) < 4.78 is 0. The minimum absolute atomic E-state index is 0.527. The first-order valence-electron chi connectivity index (χ1n) is 10.9. The fourth-order valence-electron chi connectivity index (χ4n) is 6.47. The SMILES string of the molecule is CCc1cc2c(N3CCC4(CN(CC5CC6(CCC6)C5)C4)C3)ncnc2s1. The van der Waals surface area contributed by atoms with E-state index in [0.29, 0.717) is 5.41 Å². The molecule has 144 valence electrons. The normalized spacial score (nSPS) is 26.5. The highest BCUT2D eigenvalue weighted by Crippen LogP contribution is 2.59. The zero-order valence-electron chi connectivity index (χ0n) is 16.4. The summed E-state index contributed by atoms with van der Waals surface area (Å²) >= 11 is 1.83.